The van der Waals surface area contributed by atoms with Crippen LogP contribution >= 0.6 is 0 Å². The van der Waals surface area contributed by atoms with Crippen molar-refractivity contribution in [2.75, 3.05) is 6.54 Å². The lowest BCUT2D eigenvalue weighted by Crippen LogP contribution is -2.18. The molecule has 0 aliphatic carbocycles. The van der Waals surface area contributed by atoms with E-state index >= 15 is 0 Å². The normalized spacial score (nSPS) is 13.1. The summed E-state index contributed by atoms with van der Waals surface area (Å²) in [7, 11) is 0. The summed E-state index contributed by atoms with van der Waals surface area (Å²) in [5.41, 5.74) is 3.49. The molecule has 0 saturated heterocycles. The smallest absolute Gasteiger partial charge is 0.134 e. The fourth-order valence-corrected chi connectivity index (χ4v) is 1.97. The minimum atomic E-state index is -0.251. The first-order valence-electron chi connectivity index (χ1n) is 6.44. The van der Waals surface area contributed by atoms with Crippen LogP contribution in [-0.4, -0.2) is 17.8 Å². The van der Waals surface area contributed by atoms with E-state index in [1.165, 1.54) is 11.1 Å². The predicted molar refractivity (Wildman–Crippen MR) is 73.7 cm³/mol. The van der Waals surface area contributed by atoms with E-state index in [9.17, 15) is 0 Å². The number of hydrogen-bond donors (Lipinski definition) is 2. The van der Waals surface area contributed by atoms with Gasteiger partial charge in [0.25, 0.3) is 0 Å². The number of aryl methyl sites for hydroxylation is 2. The molecule has 0 bridgehead atoms. The summed E-state index contributed by atoms with van der Waals surface area (Å²) < 4.78 is 5.79. The highest BCUT2D eigenvalue weighted by Crippen LogP contribution is 2.23. The van der Waals surface area contributed by atoms with E-state index < -0.39 is 0 Å². The number of furan rings is 1. The molecule has 98 valence electrons. The van der Waals surface area contributed by atoms with E-state index in [1.807, 2.05) is 0 Å². The van der Waals surface area contributed by atoms with Crippen molar-refractivity contribution >= 4 is 11.0 Å². The summed E-state index contributed by atoms with van der Waals surface area (Å²) in [4.78, 5) is 0. The van der Waals surface area contributed by atoms with Crippen LogP contribution in [0.5, 0.6) is 0 Å². The van der Waals surface area contributed by atoms with E-state index in [1.54, 1.807) is 6.92 Å². The highest BCUT2D eigenvalue weighted by Gasteiger charge is 2.05. The molecule has 0 saturated carbocycles. The van der Waals surface area contributed by atoms with Crippen LogP contribution in [0.3, 0.4) is 0 Å². The molecule has 2 N–H and O–H groups in total. The van der Waals surface area contributed by atoms with E-state index in [0.717, 1.165) is 29.7 Å². The van der Waals surface area contributed by atoms with E-state index in [-0.39, 0.29) is 6.10 Å². The van der Waals surface area contributed by atoms with Crippen molar-refractivity contribution in [3.63, 3.8) is 0 Å². The van der Waals surface area contributed by atoms with Gasteiger partial charge in [0.15, 0.2) is 0 Å². The first-order chi connectivity index (χ1) is 8.56. The van der Waals surface area contributed by atoms with Gasteiger partial charge >= 0.3 is 0 Å². The summed E-state index contributed by atoms with van der Waals surface area (Å²) >= 11 is 0. The fourth-order valence-electron chi connectivity index (χ4n) is 1.97. The average molecular weight is 247 g/mol. The minimum Gasteiger partial charge on any atom is -0.460 e. The van der Waals surface area contributed by atoms with Crippen molar-refractivity contribution in [2.24, 2.45) is 0 Å². The van der Waals surface area contributed by atoms with Crippen molar-refractivity contribution in [1.82, 2.24) is 5.32 Å². The maximum absolute atomic E-state index is 9.16. The molecule has 0 spiro atoms. The van der Waals surface area contributed by atoms with Crippen LogP contribution < -0.4 is 5.32 Å². The molecule has 0 amide bonds. The molecule has 1 aromatic carbocycles. The molecule has 18 heavy (non-hydrogen) atoms. The van der Waals surface area contributed by atoms with Crippen LogP contribution in [0, 0.1) is 13.8 Å². The van der Waals surface area contributed by atoms with Gasteiger partial charge in [-0.2, -0.15) is 0 Å². The first-order valence-corrected chi connectivity index (χ1v) is 6.44. The van der Waals surface area contributed by atoms with Crippen LogP contribution in [0.1, 0.15) is 30.2 Å². The molecule has 0 radical (unpaired) electrons. The fraction of sp³-hybridized carbons (Fsp3) is 0.467. The summed E-state index contributed by atoms with van der Waals surface area (Å²) in [5.74, 6) is 0.945. The molecule has 3 nitrogen and oxygen atoms in total. The number of nitrogens with one attached hydrogen (secondary N) is 1. The van der Waals surface area contributed by atoms with E-state index in [4.69, 9.17) is 9.52 Å². The standard InChI is InChI=1S/C15H21NO2/c1-10-6-13-8-14(9-16-5-4-12(3)17)18-15(13)7-11(10)2/h6-8,12,16-17H,4-5,9H2,1-3H3. The van der Waals surface area contributed by atoms with E-state index in [0.29, 0.717) is 6.54 Å². The van der Waals surface area contributed by atoms with Gasteiger partial charge in [-0.05, 0) is 63.1 Å². The summed E-state index contributed by atoms with van der Waals surface area (Å²) in [6.07, 6.45) is 0.511. The Morgan fingerprint density at radius 1 is 1.22 bits per heavy atom. The van der Waals surface area contributed by atoms with E-state index in [2.05, 4.69) is 37.4 Å². The number of fused-ring (bicyclic) bond motifs is 1. The Kier molecular flexibility index (Phi) is 4.04. The lowest BCUT2D eigenvalue weighted by atomic mass is 10.1. The number of hydrogen-bond acceptors (Lipinski definition) is 3. The molecular formula is C15H21NO2. The third-order valence-electron chi connectivity index (χ3n) is 3.22. The van der Waals surface area contributed by atoms with Crippen LogP contribution in [-0.2, 0) is 6.54 Å². The van der Waals surface area contributed by atoms with Crippen LogP contribution in [0.2, 0.25) is 0 Å². The maximum Gasteiger partial charge on any atom is 0.134 e. The Hall–Kier alpha value is -1.32. The van der Waals surface area contributed by atoms with Gasteiger partial charge in [0, 0.05) is 5.39 Å². The molecule has 1 heterocycles. The molecule has 1 aromatic heterocycles. The quantitative estimate of drug-likeness (QED) is 0.799. The van der Waals surface area contributed by atoms with Gasteiger partial charge in [-0.3, -0.25) is 0 Å². The molecule has 3 heteroatoms. The zero-order valence-electron chi connectivity index (χ0n) is 11.3. The largest absolute Gasteiger partial charge is 0.460 e. The first kappa shape index (κ1) is 13.1. The zero-order chi connectivity index (χ0) is 13.1. The van der Waals surface area contributed by atoms with Gasteiger partial charge in [-0.15, -0.1) is 0 Å². The molecule has 2 rings (SSSR count). The lowest BCUT2D eigenvalue weighted by Gasteiger charge is -2.04. The van der Waals surface area contributed by atoms with Crippen molar-refractivity contribution in [3.8, 4) is 0 Å². The molecule has 1 unspecified atom stereocenters. The molecule has 2 aromatic rings. The maximum atomic E-state index is 9.16. The van der Waals surface area contributed by atoms with Crippen molar-refractivity contribution < 1.29 is 9.52 Å². The number of aliphatic hydroxyl groups is 1. The van der Waals surface area contributed by atoms with Crippen LogP contribution in [0.4, 0.5) is 0 Å². The van der Waals surface area contributed by atoms with Crippen LogP contribution in [0.15, 0.2) is 22.6 Å². The number of aliphatic hydroxyl groups excluding tert-OH is 1. The summed E-state index contributed by atoms with van der Waals surface area (Å²) in [5, 5.41) is 13.6. The van der Waals surface area contributed by atoms with Crippen molar-refractivity contribution in [1.29, 1.82) is 0 Å². The Bertz CT molecular complexity index is 490. The molecule has 0 aliphatic rings. The third-order valence-corrected chi connectivity index (χ3v) is 3.22. The Morgan fingerprint density at radius 2 is 1.94 bits per heavy atom. The SMILES string of the molecule is Cc1cc2cc(CNCCC(C)O)oc2cc1C. The van der Waals surface area contributed by atoms with Gasteiger partial charge in [-0.1, -0.05) is 0 Å². The second-order valence-electron chi connectivity index (χ2n) is 5.00. The second-order valence-corrected chi connectivity index (χ2v) is 5.00. The predicted octanol–water partition coefficient (Wildman–Crippen LogP) is 2.91. The van der Waals surface area contributed by atoms with Gasteiger partial charge < -0.3 is 14.8 Å². The van der Waals surface area contributed by atoms with Gasteiger partial charge in [0.05, 0.1) is 12.6 Å². The minimum absolute atomic E-state index is 0.251. The number of benzene rings is 1. The number of rotatable bonds is 5. The highest BCUT2D eigenvalue weighted by molar-refractivity contribution is 5.79. The highest BCUT2D eigenvalue weighted by atomic mass is 16.3. The zero-order valence-corrected chi connectivity index (χ0v) is 11.3. The second kappa shape index (κ2) is 5.55. The Labute approximate surface area is 108 Å². The molecule has 0 aliphatic heterocycles. The Morgan fingerprint density at radius 3 is 2.67 bits per heavy atom. The molecule has 1 atom stereocenters. The monoisotopic (exact) mass is 247 g/mol. The topological polar surface area (TPSA) is 45.4 Å². The molecular weight excluding hydrogens is 226 g/mol. The van der Waals surface area contributed by atoms with Gasteiger partial charge in [-0.25, -0.2) is 0 Å². The molecule has 0 fully saturated rings. The van der Waals surface area contributed by atoms with Gasteiger partial charge in [0.1, 0.15) is 11.3 Å². The lowest BCUT2D eigenvalue weighted by molar-refractivity contribution is 0.183. The van der Waals surface area contributed by atoms with Crippen LogP contribution in [0.25, 0.3) is 11.0 Å². The summed E-state index contributed by atoms with van der Waals surface area (Å²) in [6.45, 7) is 7.51. The summed E-state index contributed by atoms with van der Waals surface area (Å²) in [6, 6.07) is 6.33. The Balaban J connectivity index is 2.02. The van der Waals surface area contributed by atoms with Crippen molar-refractivity contribution in [3.05, 3.63) is 35.1 Å². The third kappa shape index (κ3) is 3.12. The van der Waals surface area contributed by atoms with Gasteiger partial charge in [0.2, 0.25) is 0 Å². The average Bonchev–Trinajstić information content (AvgIpc) is 2.67. The van der Waals surface area contributed by atoms with Crippen molar-refractivity contribution in [2.45, 2.75) is 39.8 Å².